The summed E-state index contributed by atoms with van der Waals surface area (Å²) in [6.45, 7) is 0. The van der Waals surface area contributed by atoms with Crippen LogP contribution in [0.3, 0.4) is 0 Å². The molecule has 1 aromatic carbocycles. The number of hydrogen-bond acceptors (Lipinski definition) is 4. The van der Waals surface area contributed by atoms with Gasteiger partial charge in [0, 0.05) is 7.05 Å². The summed E-state index contributed by atoms with van der Waals surface area (Å²) in [6.07, 6.45) is 1.32. The average Bonchev–Trinajstić information content (AvgIpc) is 2.76. The average molecular weight is 280 g/mol. The van der Waals surface area contributed by atoms with Gasteiger partial charge in [-0.05, 0) is 18.2 Å². The van der Waals surface area contributed by atoms with Crippen molar-refractivity contribution in [1.82, 2.24) is 9.78 Å². The van der Waals surface area contributed by atoms with E-state index in [2.05, 4.69) is 9.82 Å². The van der Waals surface area contributed by atoms with Gasteiger partial charge in [0.15, 0.2) is 5.03 Å². The molecular weight excluding hydrogens is 271 g/mol. The van der Waals surface area contributed by atoms with Crippen molar-refractivity contribution in [1.29, 1.82) is 5.26 Å². The molecule has 0 spiro atoms. The van der Waals surface area contributed by atoms with Crippen LogP contribution in [0.4, 0.5) is 10.1 Å². The molecule has 0 fully saturated rings. The Morgan fingerprint density at radius 3 is 2.74 bits per heavy atom. The molecule has 2 rings (SSSR count). The van der Waals surface area contributed by atoms with Crippen molar-refractivity contribution < 1.29 is 12.8 Å². The lowest BCUT2D eigenvalue weighted by Gasteiger charge is -2.09. The monoisotopic (exact) mass is 280 g/mol. The Morgan fingerprint density at radius 2 is 2.16 bits per heavy atom. The molecule has 0 unspecified atom stereocenters. The predicted molar refractivity (Wildman–Crippen MR) is 65.1 cm³/mol. The standard InChI is InChI=1S/C11H9FN4O2S/c1-16-11(5-6-14-16)19(17,18)15-10-4-2-3-9(12)8(10)7-13/h2-6,15H,1H3. The maximum atomic E-state index is 13.4. The Balaban J connectivity index is 2.46. The summed E-state index contributed by atoms with van der Waals surface area (Å²) in [7, 11) is -2.45. The van der Waals surface area contributed by atoms with Crippen LogP contribution < -0.4 is 4.72 Å². The van der Waals surface area contributed by atoms with Crippen LogP contribution in [0, 0.1) is 17.1 Å². The molecule has 0 saturated heterocycles. The van der Waals surface area contributed by atoms with Crippen LogP contribution in [0.2, 0.25) is 0 Å². The molecule has 1 heterocycles. The van der Waals surface area contributed by atoms with E-state index in [0.717, 1.165) is 10.7 Å². The number of halogens is 1. The third kappa shape index (κ3) is 2.41. The molecule has 19 heavy (non-hydrogen) atoms. The zero-order chi connectivity index (χ0) is 14.0. The second kappa shape index (κ2) is 4.70. The molecule has 8 heteroatoms. The van der Waals surface area contributed by atoms with Crippen LogP contribution in [0.5, 0.6) is 0 Å². The molecule has 0 amide bonds. The van der Waals surface area contributed by atoms with Crippen LogP contribution in [0.25, 0.3) is 0 Å². The van der Waals surface area contributed by atoms with Crippen molar-refractivity contribution in [2.24, 2.45) is 7.05 Å². The van der Waals surface area contributed by atoms with Gasteiger partial charge in [0.2, 0.25) is 0 Å². The van der Waals surface area contributed by atoms with E-state index in [1.807, 2.05) is 0 Å². The van der Waals surface area contributed by atoms with Crippen LogP contribution >= 0.6 is 0 Å². The van der Waals surface area contributed by atoms with Gasteiger partial charge in [0.05, 0.1) is 11.9 Å². The first-order valence-electron chi connectivity index (χ1n) is 5.15. The van der Waals surface area contributed by atoms with E-state index in [1.54, 1.807) is 6.07 Å². The van der Waals surface area contributed by atoms with Gasteiger partial charge in [-0.3, -0.25) is 9.40 Å². The lowest BCUT2D eigenvalue weighted by Crippen LogP contribution is -2.17. The Morgan fingerprint density at radius 1 is 1.42 bits per heavy atom. The van der Waals surface area contributed by atoms with Crippen molar-refractivity contribution in [2.75, 3.05) is 4.72 Å². The van der Waals surface area contributed by atoms with Gasteiger partial charge >= 0.3 is 0 Å². The number of aryl methyl sites for hydroxylation is 1. The largest absolute Gasteiger partial charge is 0.279 e. The van der Waals surface area contributed by atoms with Crippen LogP contribution in [0.15, 0.2) is 35.5 Å². The number of nitrogens with one attached hydrogen (secondary N) is 1. The predicted octanol–water partition coefficient (Wildman–Crippen LogP) is 1.23. The molecule has 1 N–H and O–H groups in total. The minimum atomic E-state index is -3.92. The first-order valence-corrected chi connectivity index (χ1v) is 6.63. The van der Waals surface area contributed by atoms with Gasteiger partial charge in [-0.15, -0.1) is 0 Å². The highest BCUT2D eigenvalue weighted by Gasteiger charge is 2.20. The van der Waals surface area contributed by atoms with E-state index >= 15 is 0 Å². The fraction of sp³-hybridized carbons (Fsp3) is 0.0909. The quantitative estimate of drug-likeness (QED) is 0.916. The van der Waals surface area contributed by atoms with E-state index < -0.39 is 15.8 Å². The fourth-order valence-corrected chi connectivity index (χ4v) is 2.74. The number of rotatable bonds is 3. The number of benzene rings is 1. The van der Waals surface area contributed by atoms with Crippen molar-refractivity contribution in [2.45, 2.75) is 5.03 Å². The first-order chi connectivity index (χ1) is 8.95. The minimum absolute atomic E-state index is 0.0827. The fourth-order valence-electron chi connectivity index (χ4n) is 1.55. The van der Waals surface area contributed by atoms with Gasteiger partial charge in [0.1, 0.15) is 17.4 Å². The van der Waals surface area contributed by atoms with E-state index in [4.69, 9.17) is 5.26 Å². The molecule has 0 bridgehead atoms. The lowest BCUT2D eigenvalue weighted by atomic mass is 10.2. The lowest BCUT2D eigenvalue weighted by molar-refractivity contribution is 0.582. The molecule has 0 radical (unpaired) electrons. The smallest absolute Gasteiger partial charge is 0.277 e. The van der Waals surface area contributed by atoms with Crippen molar-refractivity contribution >= 4 is 15.7 Å². The minimum Gasteiger partial charge on any atom is -0.277 e. The summed E-state index contributed by atoms with van der Waals surface area (Å²) < 4.78 is 40.8. The first kappa shape index (κ1) is 13.0. The third-order valence-corrected chi connectivity index (χ3v) is 3.86. The van der Waals surface area contributed by atoms with E-state index in [9.17, 15) is 12.8 Å². The van der Waals surface area contributed by atoms with Crippen molar-refractivity contribution in [3.8, 4) is 6.07 Å². The summed E-state index contributed by atoms with van der Waals surface area (Å²) >= 11 is 0. The van der Waals surface area contributed by atoms with E-state index in [1.165, 1.54) is 31.4 Å². The second-order valence-electron chi connectivity index (χ2n) is 3.67. The number of aromatic nitrogens is 2. The molecule has 0 aliphatic heterocycles. The third-order valence-electron chi connectivity index (χ3n) is 2.42. The van der Waals surface area contributed by atoms with Gasteiger partial charge < -0.3 is 0 Å². The molecule has 0 saturated carbocycles. The number of sulfonamides is 1. The van der Waals surface area contributed by atoms with Crippen molar-refractivity contribution in [3.63, 3.8) is 0 Å². The van der Waals surface area contributed by atoms with E-state index in [0.29, 0.717) is 0 Å². The number of nitrogens with zero attached hydrogens (tertiary/aromatic N) is 3. The van der Waals surface area contributed by atoms with Gasteiger partial charge in [0.25, 0.3) is 10.0 Å². The Hall–Kier alpha value is -2.40. The van der Waals surface area contributed by atoms with Crippen LogP contribution in [-0.2, 0) is 17.1 Å². The van der Waals surface area contributed by atoms with Gasteiger partial charge in [-0.2, -0.15) is 18.8 Å². The van der Waals surface area contributed by atoms with Gasteiger partial charge in [-0.25, -0.2) is 4.39 Å². The Labute approximate surface area is 109 Å². The van der Waals surface area contributed by atoms with Crippen molar-refractivity contribution in [3.05, 3.63) is 41.8 Å². The number of hydrogen-bond donors (Lipinski definition) is 1. The summed E-state index contributed by atoms with van der Waals surface area (Å²) in [6, 6.07) is 6.64. The topological polar surface area (TPSA) is 87.8 Å². The molecule has 2 aromatic rings. The highest BCUT2D eigenvalue weighted by atomic mass is 32.2. The summed E-state index contributed by atoms with van der Waals surface area (Å²) in [4.78, 5) is 0. The molecule has 0 atom stereocenters. The molecule has 6 nitrogen and oxygen atoms in total. The molecule has 98 valence electrons. The molecular formula is C11H9FN4O2S. The van der Waals surface area contributed by atoms with Crippen LogP contribution in [-0.4, -0.2) is 18.2 Å². The second-order valence-corrected chi connectivity index (χ2v) is 5.30. The summed E-state index contributed by atoms with van der Waals surface area (Å²) in [5, 5.41) is 12.5. The van der Waals surface area contributed by atoms with Gasteiger partial charge in [-0.1, -0.05) is 6.07 Å². The normalized spacial score (nSPS) is 11.0. The maximum Gasteiger partial charge on any atom is 0.279 e. The molecule has 0 aliphatic carbocycles. The highest BCUT2D eigenvalue weighted by Crippen LogP contribution is 2.21. The zero-order valence-electron chi connectivity index (χ0n) is 9.83. The maximum absolute atomic E-state index is 13.4. The Bertz CT molecular complexity index is 761. The summed E-state index contributed by atoms with van der Waals surface area (Å²) in [5.74, 6) is -0.785. The Kier molecular flexibility index (Phi) is 3.23. The molecule has 1 aromatic heterocycles. The number of anilines is 1. The summed E-state index contributed by atoms with van der Waals surface area (Å²) in [5.41, 5.74) is -0.461. The van der Waals surface area contributed by atoms with E-state index in [-0.39, 0.29) is 16.3 Å². The molecule has 0 aliphatic rings. The zero-order valence-corrected chi connectivity index (χ0v) is 10.6. The highest BCUT2D eigenvalue weighted by molar-refractivity contribution is 7.92. The van der Waals surface area contributed by atoms with Crippen LogP contribution in [0.1, 0.15) is 5.56 Å². The SMILES string of the molecule is Cn1nccc1S(=O)(=O)Nc1cccc(F)c1C#N. The number of nitriles is 1.